The third-order valence-electron chi connectivity index (χ3n) is 4.46. The number of hydrogen-bond donors (Lipinski definition) is 2. The van der Waals surface area contributed by atoms with E-state index >= 15 is 0 Å². The van der Waals surface area contributed by atoms with Gasteiger partial charge in [-0.25, -0.2) is 0 Å². The molecule has 0 amide bonds. The topological polar surface area (TPSA) is 81.9 Å². The van der Waals surface area contributed by atoms with Crippen LogP contribution in [0.2, 0.25) is 0 Å². The predicted molar refractivity (Wildman–Crippen MR) is 121 cm³/mol. The van der Waals surface area contributed by atoms with E-state index in [9.17, 15) is 14.7 Å². The monoisotopic (exact) mass is 491 g/mol. The van der Waals surface area contributed by atoms with Gasteiger partial charge in [0.1, 0.15) is 0 Å². The van der Waals surface area contributed by atoms with Gasteiger partial charge in [0.05, 0.1) is 27.1 Å². The number of nitrogens with one attached hydrogen (secondary N) is 1. The number of hydrogen-bond acceptors (Lipinski definition) is 4. The van der Waals surface area contributed by atoms with E-state index in [0.29, 0.717) is 0 Å². The maximum atomic E-state index is 9.61. The normalized spacial score (nSPS) is 13.7. The van der Waals surface area contributed by atoms with Crippen molar-refractivity contribution in [1.29, 1.82) is 0 Å². The van der Waals surface area contributed by atoms with Gasteiger partial charge in [-0.2, -0.15) is 0 Å². The maximum absolute atomic E-state index is 9.61. The summed E-state index contributed by atoms with van der Waals surface area (Å²) in [7, 11) is 4.42. The molecule has 2 aromatic rings. The number of carboxylic acids is 2. The molecule has 1 aliphatic heterocycles. The fraction of sp³-hybridized carbons (Fsp3) is 0.304. The summed E-state index contributed by atoms with van der Waals surface area (Å²) in [5, 5.41) is 17.4. The van der Waals surface area contributed by atoms with Gasteiger partial charge < -0.3 is 19.9 Å². The van der Waals surface area contributed by atoms with Crippen LogP contribution < -0.4 is 10.0 Å². The minimum absolute atomic E-state index is 0.359. The van der Waals surface area contributed by atoms with Crippen molar-refractivity contribution in [2.24, 2.45) is 0 Å². The van der Waals surface area contributed by atoms with E-state index in [1.165, 1.54) is 32.1 Å². The first kappa shape index (κ1) is 24.2. The van der Waals surface area contributed by atoms with Crippen LogP contribution in [0.5, 0.6) is 0 Å². The smallest absolute Gasteiger partial charge is 0.303 e. The number of carbonyl (C=O) groups is 2. The summed E-state index contributed by atoms with van der Waals surface area (Å²) in [6, 6.07) is 15.5. The number of halogens is 1. The first-order valence-corrected chi connectivity index (χ1v) is 11.5. The van der Waals surface area contributed by atoms with Crippen molar-refractivity contribution in [3.05, 3.63) is 69.7 Å². The third-order valence-corrected chi connectivity index (χ3v) is 6.06. The van der Waals surface area contributed by atoms with Crippen molar-refractivity contribution in [1.82, 2.24) is 0 Å². The van der Waals surface area contributed by atoms with E-state index in [-0.39, 0.29) is 6.42 Å². The highest BCUT2D eigenvalue weighted by atomic mass is 79.9. The lowest BCUT2D eigenvalue weighted by Crippen LogP contribution is -3.05. The van der Waals surface area contributed by atoms with Crippen LogP contribution in [0.4, 0.5) is 0 Å². The Kier molecular flexibility index (Phi) is 9.62. The minimum Gasteiger partial charge on any atom is -0.550 e. The number of rotatable bonds is 6. The molecule has 0 unspecified atom stereocenters. The summed E-state index contributed by atoms with van der Waals surface area (Å²) in [6.07, 6.45) is 2.76. The van der Waals surface area contributed by atoms with Crippen LogP contribution in [0.1, 0.15) is 36.0 Å². The van der Waals surface area contributed by atoms with Gasteiger partial charge in [0, 0.05) is 27.5 Å². The first-order valence-electron chi connectivity index (χ1n) is 9.69. The van der Waals surface area contributed by atoms with Crippen LogP contribution in [0.3, 0.4) is 0 Å². The number of aliphatic carboxylic acids is 2. The largest absolute Gasteiger partial charge is 0.550 e. The molecule has 0 aliphatic carbocycles. The summed E-state index contributed by atoms with van der Waals surface area (Å²) < 4.78 is 1.15. The lowest BCUT2D eigenvalue weighted by Gasteiger charge is -2.12. The van der Waals surface area contributed by atoms with Gasteiger partial charge in [0.15, 0.2) is 0 Å². The Hall–Kier alpha value is -2.09. The summed E-state index contributed by atoms with van der Waals surface area (Å²) in [5.41, 5.74) is 5.59. The molecule has 1 aliphatic rings. The Labute approximate surface area is 189 Å². The molecule has 1 heterocycles. The molecule has 3 rings (SSSR count). The second-order valence-electron chi connectivity index (χ2n) is 7.22. The Morgan fingerprint density at radius 2 is 1.90 bits per heavy atom. The Morgan fingerprint density at radius 3 is 2.53 bits per heavy atom. The SMILES string of the molecule is C[NH+](C)CC/C=C1\c2ccccc2CSc2cc(Br)ccc21.O=C([O-])CCC(=O)O. The zero-order valence-electron chi connectivity index (χ0n) is 17.1. The van der Waals surface area contributed by atoms with Crippen molar-refractivity contribution < 1.29 is 24.7 Å². The number of fused-ring (bicyclic) bond motifs is 2. The number of carboxylic acid groups (broad SMARTS) is 2. The van der Waals surface area contributed by atoms with Gasteiger partial charge in [-0.05, 0) is 40.8 Å². The molecule has 0 radical (unpaired) electrons. The first-order chi connectivity index (χ1) is 14.3. The molecule has 0 atom stereocenters. The van der Waals surface area contributed by atoms with Crippen LogP contribution in [0, 0.1) is 0 Å². The highest BCUT2D eigenvalue weighted by Crippen LogP contribution is 2.41. The molecule has 30 heavy (non-hydrogen) atoms. The van der Waals surface area contributed by atoms with Crippen LogP contribution in [0.15, 0.2) is 57.9 Å². The highest BCUT2D eigenvalue weighted by Gasteiger charge is 2.18. The van der Waals surface area contributed by atoms with Gasteiger partial charge in [0.25, 0.3) is 0 Å². The molecule has 2 aromatic carbocycles. The van der Waals surface area contributed by atoms with E-state index in [4.69, 9.17) is 5.11 Å². The molecule has 0 saturated carbocycles. The van der Waals surface area contributed by atoms with Crippen LogP contribution in [-0.2, 0) is 15.3 Å². The molecule has 2 N–H and O–H groups in total. The summed E-state index contributed by atoms with van der Waals surface area (Å²) in [4.78, 5) is 22.0. The third kappa shape index (κ3) is 7.63. The molecular formula is C23H26BrNO4S. The minimum atomic E-state index is -1.33. The Bertz CT molecular complexity index is 913. The van der Waals surface area contributed by atoms with Gasteiger partial charge >= 0.3 is 5.97 Å². The molecule has 0 aromatic heterocycles. The van der Waals surface area contributed by atoms with E-state index in [2.05, 4.69) is 78.6 Å². The van der Waals surface area contributed by atoms with E-state index in [1.807, 2.05) is 11.8 Å². The predicted octanol–water partition coefficient (Wildman–Crippen LogP) is 2.62. The molecule has 5 nitrogen and oxygen atoms in total. The van der Waals surface area contributed by atoms with Gasteiger partial charge in [0.2, 0.25) is 0 Å². The van der Waals surface area contributed by atoms with Crippen LogP contribution >= 0.6 is 27.7 Å². The molecule has 0 fully saturated rings. The molecule has 0 bridgehead atoms. The van der Waals surface area contributed by atoms with E-state index in [0.717, 1.165) is 23.2 Å². The zero-order chi connectivity index (χ0) is 22.1. The molecule has 0 spiro atoms. The van der Waals surface area contributed by atoms with Crippen molar-refractivity contribution in [2.75, 3.05) is 20.6 Å². The quantitative estimate of drug-likeness (QED) is 0.648. The molecular weight excluding hydrogens is 466 g/mol. The van der Waals surface area contributed by atoms with E-state index < -0.39 is 18.4 Å². The second kappa shape index (κ2) is 11.9. The van der Waals surface area contributed by atoms with Crippen molar-refractivity contribution >= 4 is 45.2 Å². The van der Waals surface area contributed by atoms with Gasteiger partial charge in [-0.3, -0.25) is 4.79 Å². The lowest BCUT2D eigenvalue weighted by molar-refractivity contribution is -0.857. The molecule has 160 valence electrons. The van der Waals surface area contributed by atoms with Crippen LogP contribution in [0.25, 0.3) is 5.57 Å². The number of quaternary nitrogens is 1. The standard InChI is InChI=1S/C19H20BrNS.C4H6O4/c1-21(2)11-5-8-17-16-7-4-3-6-14(16)13-22-19-12-15(20)9-10-18(17)19;5-3(6)1-2-4(7)8/h3-4,6-10,12H,5,11,13H2,1-2H3;1-2H2,(H,5,6)(H,7,8)/b17-8+;. The molecule has 0 saturated heterocycles. The van der Waals surface area contributed by atoms with E-state index in [1.54, 1.807) is 0 Å². The van der Waals surface area contributed by atoms with Gasteiger partial charge in [-0.1, -0.05) is 52.3 Å². The fourth-order valence-electron chi connectivity index (χ4n) is 2.98. The second-order valence-corrected chi connectivity index (χ2v) is 9.15. The lowest BCUT2D eigenvalue weighted by atomic mass is 9.93. The Balaban J connectivity index is 0.000000343. The highest BCUT2D eigenvalue weighted by molar-refractivity contribution is 9.10. The number of carbonyl (C=O) groups excluding carboxylic acids is 1. The van der Waals surface area contributed by atoms with Gasteiger partial charge in [-0.15, -0.1) is 11.8 Å². The average Bonchev–Trinajstić information content (AvgIpc) is 2.84. The summed E-state index contributed by atoms with van der Waals surface area (Å²) in [6.45, 7) is 1.16. The maximum Gasteiger partial charge on any atom is 0.303 e. The number of benzene rings is 2. The van der Waals surface area contributed by atoms with Crippen molar-refractivity contribution in [3.8, 4) is 0 Å². The fourth-order valence-corrected chi connectivity index (χ4v) is 4.60. The molecule has 7 heteroatoms. The number of thioether (sulfide) groups is 1. The van der Waals surface area contributed by atoms with Crippen LogP contribution in [-0.4, -0.2) is 37.7 Å². The van der Waals surface area contributed by atoms with Crippen molar-refractivity contribution in [2.45, 2.75) is 29.9 Å². The summed E-state index contributed by atoms with van der Waals surface area (Å²) >= 11 is 5.54. The van der Waals surface area contributed by atoms with Crippen molar-refractivity contribution in [3.63, 3.8) is 0 Å². The average molecular weight is 492 g/mol. The Morgan fingerprint density at radius 1 is 1.17 bits per heavy atom. The summed E-state index contributed by atoms with van der Waals surface area (Å²) in [5.74, 6) is -1.41. The zero-order valence-corrected chi connectivity index (χ0v) is 19.5.